The zero-order chi connectivity index (χ0) is 25.0. The largest absolute Gasteiger partial charge is 0.497 e. The Morgan fingerprint density at radius 3 is 2.51 bits per heavy atom. The number of anilines is 2. The van der Waals surface area contributed by atoms with Crippen LogP contribution in [0, 0.1) is 0 Å². The Morgan fingerprint density at radius 1 is 1.03 bits per heavy atom. The number of sulfonamides is 1. The summed E-state index contributed by atoms with van der Waals surface area (Å²) in [6.45, 7) is 2.00. The Hall–Kier alpha value is -3.69. The number of fused-ring (bicyclic) bond motifs is 1. The van der Waals surface area contributed by atoms with Crippen molar-refractivity contribution in [2.24, 2.45) is 0 Å². The summed E-state index contributed by atoms with van der Waals surface area (Å²) in [6, 6.07) is 19.7. The molecule has 1 aliphatic rings. The Labute approximate surface area is 205 Å². The smallest absolute Gasteiger partial charge is 0.242 e. The van der Waals surface area contributed by atoms with Crippen LogP contribution >= 0.6 is 0 Å². The lowest BCUT2D eigenvalue weighted by Gasteiger charge is -2.20. The molecule has 0 aliphatic carbocycles. The van der Waals surface area contributed by atoms with Crippen molar-refractivity contribution in [3.05, 3.63) is 83.9 Å². The standard InChI is InChI=1S/C26H27N3O5S/c1-18(30)29-14-13-20-16-23(11-12-25(20)29)35(32,33)28-24(15-19-7-4-3-5-8-19)26(31)27-21-9-6-10-22(17-21)34-2/h3-12,16-17,24,28H,13-15H2,1-2H3,(H,27,31)/t24-/m1/s1. The molecule has 3 aromatic rings. The summed E-state index contributed by atoms with van der Waals surface area (Å²) in [7, 11) is -2.50. The highest BCUT2D eigenvalue weighted by Gasteiger charge is 2.29. The number of ether oxygens (including phenoxy) is 1. The fourth-order valence-corrected chi connectivity index (χ4v) is 5.34. The number of nitrogens with zero attached hydrogens (tertiary/aromatic N) is 1. The summed E-state index contributed by atoms with van der Waals surface area (Å²) in [4.78, 5) is 26.7. The minimum Gasteiger partial charge on any atom is -0.497 e. The van der Waals surface area contributed by atoms with Gasteiger partial charge in [-0.05, 0) is 54.3 Å². The first-order chi connectivity index (χ1) is 16.8. The van der Waals surface area contributed by atoms with Crippen molar-refractivity contribution in [3.63, 3.8) is 0 Å². The Kier molecular flexibility index (Phi) is 7.18. The third-order valence-corrected chi connectivity index (χ3v) is 7.34. The van der Waals surface area contributed by atoms with Gasteiger partial charge < -0.3 is 15.0 Å². The molecular weight excluding hydrogens is 466 g/mol. The normalized spacial score (nSPS) is 13.7. The summed E-state index contributed by atoms with van der Waals surface area (Å²) in [5.74, 6) is -0.00930. The maximum atomic E-state index is 13.3. The van der Waals surface area contributed by atoms with Crippen LogP contribution in [0.5, 0.6) is 5.75 Å². The maximum Gasteiger partial charge on any atom is 0.242 e. The van der Waals surface area contributed by atoms with Crippen molar-refractivity contribution in [2.75, 3.05) is 23.9 Å². The van der Waals surface area contributed by atoms with Gasteiger partial charge in [-0.15, -0.1) is 0 Å². The molecule has 0 saturated heterocycles. The summed E-state index contributed by atoms with van der Waals surface area (Å²) < 4.78 is 34.4. The van der Waals surface area contributed by atoms with E-state index in [4.69, 9.17) is 4.74 Å². The second-order valence-corrected chi connectivity index (χ2v) is 10.0. The summed E-state index contributed by atoms with van der Waals surface area (Å²) in [6.07, 6.45) is 0.737. The van der Waals surface area contributed by atoms with Crippen LogP contribution in [0.15, 0.2) is 77.7 Å². The highest BCUT2D eigenvalue weighted by atomic mass is 32.2. The van der Waals surface area contributed by atoms with Crippen molar-refractivity contribution in [1.29, 1.82) is 0 Å². The SMILES string of the molecule is COc1cccc(NC(=O)[C@@H](Cc2ccccc2)NS(=O)(=O)c2ccc3c(c2)CCN3C(C)=O)c1. The van der Waals surface area contributed by atoms with E-state index in [1.165, 1.54) is 20.1 Å². The van der Waals surface area contributed by atoms with Crippen LogP contribution in [-0.4, -0.2) is 39.9 Å². The highest BCUT2D eigenvalue weighted by molar-refractivity contribution is 7.89. The van der Waals surface area contributed by atoms with E-state index in [-0.39, 0.29) is 17.2 Å². The zero-order valence-electron chi connectivity index (χ0n) is 19.5. The molecule has 4 rings (SSSR count). The highest BCUT2D eigenvalue weighted by Crippen LogP contribution is 2.30. The van der Waals surface area contributed by atoms with E-state index >= 15 is 0 Å². The van der Waals surface area contributed by atoms with Gasteiger partial charge in [0.2, 0.25) is 21.8 Å². The predicted octanol–water partition coefficient (Wildman–Crippen LogP) is 3.13. The molecule has 0 aromatic heterocycles. The van der Waals surface area contributed by atoms with Gasteiger partial charge in [-0.1, -0.05) is 36.4 Å². The molecule has 1 atom stereocenters. The maximum absolute atomic E-state index is 13.3. The van der Waals surface area contributed by atoms with Crippen molar-refractivity contribution in [3.8, 4) is 5.75 Å². The number of carbonyl (C=O) groups is 2. The number of rotatable bonds is 8. The van der Waals surface area contributed by atoms with Gasteiger partial charge >= 0.3 is 0 Å². The van der Waals surface area contributed by atoms with Gasteiger partial charge in [-0.2, -0.15) is 4.72 Å². The number of hydrogen-bond acceptors (Lipinski definition) is 5. The van der Waals surface area contributed by atoms with Crippen molar-refractivity contribution in [2.45, 2.75) is 30.7 Å². The fraction of sp³-hybridized carbons (Fsp3) is 0.231. The van der Waals surface area contributed by atoms with E-state index in [9.17, 15) is 18.0 Å². The average Bonchev–Trinajstić information content (AvgIpc) is 3.28. The average molecular weight is 494 g/mol. The number of nitrogens with one attached hydrogen (secondary N) is 2. The number of benzene rings is 3. The van der Waals surface area contributed by atoms with Crippen molar-refractivity contribution < 1.29 is 22.7 Å². The third kappa shape index (κ3) is 5.70. The molecule has 35 heavy (non-hydrogen) atoms. The van der Waals surface area contributed by atoms with E-state index in [1.807, 2.05) is 30.3 Å². The topological polar surface area (TPSA) is 105 Å². The minimum absolute atomic E-state index is 0.0499. The molecule has 2 amide bonds. The third-order valence-electron chi connectivity index (χ3n) is 5.87. The number of carbonyl (C=O) groups excluding carboxylic acids is 2. The Morgan fingerprint density at radius 2 is 1.80 bits per heavy atom. The molecule has 2 N–H and O–H groups in total. The number of amides is 2. The number of methoxy groups -OCH3 is 1. The first-order valence-corrected chi connectivity index (χ1v) is 12.7. The molecule has 3 aromatic carbocycles. The Bertz CT molecular complexity index is 1340. The molecule has 9 heteroatoms. The van der Waals surface area contributed by atoms with Gasteiger partial charge in [0, 0.05) is 30.9 Å². The van der Waals surface area contributed by atoms with Gasteiger partial charge in [-0.25, -0.2) is 8.42 Å². The summed E-state index contributed by atoms with van der Waals surface area (Å²) in [5, 5.41) is 2.78. The van der Waals surface area contributed by atoms with Crippen LogP contribution in [0.4, 0.5) is 11.4 Å². The molecule has 0 spiro atoms. The fourth-order valence-electron chi connectivity index (χ4n) is 4.10. The molecule has 0 unspecified atom stereocenters. The molecule has 0 bridgehead atoms. The van der Waals surface area contributed by atoms with Crippen molar-refractivity contribution in [1.82, 2.24) is 4.72 Å². The quantitative estimate of drug-likeness (QED) is 0.502. The van der Waals surface area contributed by atoms with E-state index in [1.54, 1.807) is 41.3 Å². The molecule has 1 aliphatic heterocycles. The number of hydrogen-bond donors (Lipinski definition) is 2. The van der Waals surface area contributed by atoms with E-state index in [2.05, 4.69) is 10.0 Å². The van der Waals surface area contributed by atoms with Gasteiger partial charge in [-0.3, -0.25) is 9.59 Å². The van der Waals surface area contributed by atoms with E-state index < -0.39 is 22.0 Å². The van der Waals surface area contributed by atoms with Gasteiger partial charge in [0.15, 0.2) is 0 Å². The molecule has 8 nitrogen and oxygen atoms in total. The van der Waals surface area contributed by atoms with Gasteiger partial charge in [0.1, 0.15) is 11.8 Å². The van der Waals surface area contributed by atoms with E-state index in [0.29, 0.717) is 30.1 Å². The lowest BCUT2D eigenvalue weighted by molar-refractivity contribution is -0.118. The van der Waals surface area contributed by atoms with Crippen LogP contribution in [0.3, 0.4) is 0 Å². The van der Waals surface area contributed by atoms with Crippen LogP contribution in [0.25, 0.3) is 0 Å². The predicted molar refractivity (Wildman–Crippen MR) is 134 cm³/mol. The monoisotopic (exact) mass is 493 g/mol. The molecule has 0 radical (unpaired) electrons. The molecule has 1 heterocycles. The lowest BCUT2D eigenvalue weighted by Crippen LogP contribution is -2.45. The van der Waals surface area contributed by atoms with Gasteiger partial charge in [0.05, 0.1) is 12.0 Å². The molecule has 0 saturated carbocycles. The second-order valence-electron chi connectivity index (χ2n) is 8.30. The first-order valence-electron chi connectivity index (χ1n) is 11.2. The zero-order valence-corrected chi connectivity index (χ0v) is 20.3. The van der Waals surface area contributed by atoms with Crippen LogP contribution in [0.2, 0.25) is 0 Å². The van der Waals surface area contributed by atoms with Crippen LogP contribution < -0.4 is 19.7 Å². The summed E-state index contributed by atoms with van der Waals surface area (Å²) >= 11 is 0. The Balaban J connectivity index is 1.59. The van der Waals surface area contributed by atoms with Crippen LogP contribution in [0.1, 0.15) is 18.1 Å². The second kappa shape index (κ2) is 10.3. The summed E-state index contributed by atoms with van der Waals surface area (Å²) in [5.41, 5.74) is 2.80. The molecule has 182 valence electrons. The van der Waals surface area contributed by atoms with Gasteiger partial charge in [0.25, 0.3) is 0 Å². The van der Waals surface area contributed by atoms with Crippen molar-refractivity contribution >= 4 is 33.2 Å². The van der Waals surface area contributed by atoms with Crippen LogP contribution in [-0.2, 0) is 32.5 Å². The molecule has 0 fully saturated rings. The first kappa shape index (κ1) is 24.4. The molecular formula is C26H27N3O5S. The lowest BCUT2D eigenvalue weighted by atomic mass is 10.1. The minimum atomic E-state index is -4.03. The van der Waals surface area contributed by atoms with E-state index in [0.717, 1.165) is 11.1 Å².